The molecule has 192 valence electrons. The van der Waals surface area contributed by atoms with Gasteiger partial charge in [-0.2, -0.15) is 0 Å². The van der Waals surface area contributed by atoms with Crippen LogP contribution in [0.1, 0.15) is 13.3 Å². The first kappa shape index (κ1) is 21.8. The van der Waals surface area contributed by atoms with E-state index >= 15 is 0 Å². The maximum Gasteiger partial charge on any atom is 0.252 e. The molecule has 0 radical (unpaired) electrons. The average Bonchev–Trinajstić information content (AvgIpc) is 3.53. The Morgan fingerprint density at radius 3 is 2.12 bits per heavy atom. The summed E-state index contributed by atoms with van der Waals surface area (Å²) in [6, 6.07) is 39.7. The summed E-state index contributed by atoms with van der Waals surface area (Å²) in [5, 5.41) is 6.66. The summed E-state index contributed by atoms with van der Waals surface area (Å²) < 4.78 is 11.7. The molecule has 1 atom stereocenters. The van der Waals surface area contributed by atoms with E-state index in [0.717, 1.165) is 23.6 Å². The van der Waals surface area contributed by atoms with Crippen molar-refractivity contribution in [3.8, 4) is 22.9 Å². The fraction of sp³-hybridized carbons (Fsp3) is 0.0811. The largest absolute Gasteiger partial charge is 0.458 e. The Hall–Kier alpha value is -4.96. The molecule has 4 heteroatoms. The van der Waals surface area contributed by atoms with Crippen molar-refractivity contribution in [1.82, 2.24) is 9.13 Å². The Labute approximate surface area is 237 Å². The highest BCUT2D eigenvalue weighted by atomic mass is 16.5. The van der Waals surface area contributed by atoms with Gasteiger partial charge in [-0.05, 0) is 59.7 Å². The van der Waals surface area contributed by atoms with Crippen LogP contribution in [0.25, 0.3) is 55.6 Å². The van der Waals surface area contributed by atoms with Crippen LogP contribution in [0, 0.1) is 5.92 Å². The molecule has 4 heterocycles. The van der Waals surface area contributed by atoms with E-state index in [-0.39, 0.29) is 6.71 Å². The molecule has 5 aromatic carbocycles. The number of benzene rings is 5. The number of aromatic nitrogens is 2. The van der Waals surface area contributed by atoms with E-state index < -0.39 is 0 Å². The second kappa shape index (κ2) is 7.61. The molecule has 10 rings (SSSR count). The maximum absolute atomic E-state index is 6.82. The lowest BCUT2D eigenvalue weighted by Gasteiger charge is -2.36. The molecule has 2 aliphatic heterocycles. The number of hydrogen-bond acceptors (Lipinski definition) is 1. The summed E-state index contributed by atoms with van der Waals surface area (Å²) in [6.45, 7) is 2.57. The fourth-order valence-electron chi connectivity index (χ4n) is 7.98. The molecular formula is C37H25BN2O. The molecule has 1 unspecified atom stereocenters. The van der Waals surface area contributed by atoms with Crippen molar-refractivity contribution in [3.05, 3.63) is 120 Å². The van der Waals surface area contributed by atoms with Gasteiger partial charge in [-0.25, -0.2) is 0 Å². The topological polar surface area (TPSA) is 19.1 Å². The zero-order valence-electron chi connectivity index (χ0n) is 22.6. The van der Waals surface area contributed by atoms with Crippen LogP contribution in [-0.4, -0.2) is 15.8 Å². The molecule has 0 bridgehead atoms. The molecule has 3 nitrogen and oxygen atoms in total. The van der Waals surface area contributed by atoms with Crippen LogP contribution in [0.5, 0.6) is 11.5 Å². The third-order valence-electron chi connectivity index (χ3n) is 9.64. The van der Waals surface area contributed by atoms with E-state index in [1.165, 1.54) is 65.4 Å². The van der Waals surface area contributed by atoms with Gasteiger partial charge in [0.05, 0.1) is 16.6 Å². The molecular weight excluding hydrogens is 499 g/mol. The predicted octanol–water partition coefficient (Wildman–Crippen LogP) is 5.97. The second-order valence-electron chi connectivity index (χ2n) is 11.7. The smallest absolute Gasteiger partial charge is 0.252 e. The van der Waals surface area contributed by atoms with Crippen LogP contribution in [0.3, 0.4) is 0 Å². The zero-order valence-corrected chi connectivity index (χ0v) is 22.6. The fourth-order valence-corrected chi connectivity index (χ4v) is 7.98. The Bertz CT molecular complexity index is 2360. The first-order valence-corrected chi connectivity index (χ1v) is 14.6. The van der Waals surface area contributed by atoms with Crippen molar-refractivity contribution >= 4 is 61.9 Å². The van der Waals surface area contributed by atoms with Crippen LogP contribution in [0.2, 0.25) is 0 Å². The van der Waals surface area contributed by atoms with Gasteiger partial charge >= 0.3 is 0 Å². The zero-order chi connectivity index (χ0) is 26.8. The van der Waals surface area contributed by atoms with Crippen molar-refractivity contribution in [2.75, 3.05) is 0 Å². The van der Waals surface area contributed by atoms with Crippen molar-refractivity contribution in [1.29, 1.82) is 0 Å². The van der Waals surface area contributed by atoms with Gasteiger partial charge in [0.15, 0.2) is 0 Å². The lowest BCUT2D eigenvalue weighted by atomic mass is 9.32. The monoisotopic (exact) mass is 524 g/mol. The number of ether oxygens (including phenoxy) is 1. The van der Waals surface area contributed by atoms with Gasteiger partial charge in [0.1, 0.15) is 11.5 Å². The van der Waals surface area contributed by atoms with Crippen molar-refractivity contribution in [2.24, 2.45) is 5.92 Å². The third-order valence-corrected chi connectivity index (χ3v) is 9.64. The van der Waals surface area contributed by atoms with E-state index in [2.05, 4.69) is 131 Å². The summed E-state index contributed by atoms with van der Waals surface area (Å²) in [5.41, 5.74) is 10.2. The minimum atomic E-state index is 0.177. The number of hydrogen-bond donors (Lipinski definition) is 0. The van der Waals surface area contributed by atoms with Crippen LogP contribution >= 0.6 is 0 Å². The second-order valence-corrected chi connectivity index (χ2v) is 11.7. The highest BCUT2D eigenvalue weighted by Gasteiger charge is 2.42. The Kier molecular flexibility index (Phi) is 4.05. The van der Waals surface area contributed by atoms with Gasteiger partial charge in [0.2, 0.25) is 0 Å². The summed E-state index contributed by atoms with van der Waals surface area (Å²) >= 11 is 0. The first-order valence-electron chi connectivity index (χ1n) is 14.6. The SMILES string of the molecule is CC1CC=c2c3n(c4ccccc24)-c2cccc4c2B(C=31)c1ccc(-n2c3ccccc3c3ccccc32)cc1O4. The van der Waals surface area contributed by atoms with Gasteiger partial charge in [-0.1, -0.05) is 85.2 Å². The van der Waals surface area contributed by atoms with E-state index in [9.17, 15) is 0 Å². The van der Waals surface area contributed by atoms with Crippen LogP contribution in [0.4, 0.5) is 0 Å². The number of nitrogens with zero attached hydrogens (tertiary/aromatic N) is 2. The van der Waals surface area contributed by atoms with E-state index in [1.807, 2.05) is 0 Å². The number of rotatable bonds is 1. The molecule has 41 heavy (non-hydrogen) atoms. The standard InChI is InChI=1S/C37H25BN2O/c1-22-17-19-27-26-11-4-7-14-31(26)40-32-15-8-16-33-36(32)38(35(22)37(27)40)28-20-18-23(21-34(28)41-33)39-29-12-5-2-9-24(29)25-10-3-6-13-30(25)39/h2-16,18-22H,17H2,1H3. The van der Waals surface area contributed by atoms with Gasteiger partial charge in [-0.3, -0.25) is 0 Å². The minimum absolute atomic E-state index is 0.177. The van der Waals surface area contributed by atoms with Crippen molar-refractivity contribution in [2.45, 2.75) is 13.3 Å². The van der Waals surface area contributed by atoms with Gasteiger partial charge in [0, 0.05) is 44.2 Å². The number of fused-ring (bicyclic) bond motifs is 10. The first-order chi connectivity index (χ1) is 20.3. The Balaban J connectivity index is 1.28. The Morgan fingerprint density at radius 1 is 0.683 bits per heavy atom. The summed E-state index contributed by atoms with van der Waals surface area (Å²) in [6.07, 6.45) is 3.52. The molecule has 0 saturated carbocycles. The highest BCUT2D eigenvalue weighted by molar-refractivity contribution is 7.00. The molecule has 3 aliphatic rings. The van der Waals surface area contributed by atoms with E-state index in [1.54, 1.807) is 0 Å². The molecule has 0 spiro atoms. The molecule has 0 saturated heterocycles. The van der Waals surface area contributed by atoms with Crippen molar-refractivity contribution in [3.63, 3.8) is 0 Å². The Morgan fingerprint density at radius 2 is 1.37 bits per heavy atom. The summed E-state index contributed by atoms with van der Waals surface area (Å²) in [4.78, 5) is 0. The van der Waals surface area contributed by atoms with Crippen LogP contribution < -0.4 is 26.2 Å². The summed E-state index contributed by atoms with van der Waals surface area (Å²) in [7, 11) is 0. The van der Waals surface area contributed by atoms with Gasteiger partial charge in [0.25, 0.3) is 6.71 Å². The van der Waals surface area contributed by atoms with E-state index in [0.29, 0.717) is 5.92 Å². The lowest BCUT2D eigenvalue weighted by molar-refractivity contribution is 0.486. The maximum atomic E-state index is 6.82. The predicted molar refractivity (Wildman–Crippen MR) is 170 cm³/mol. The van der Waals surface area contributed by atoms with Crippen LogP contribution in [0.15, 0.2) is 109 Å². The molecule has 7 aromatic rings. The molecule has 0 fully saturated rings. The normalized spacial score (nSPS) is 16.4. The molecule has 1 aliphatic carbocycles. The van der Waals surface area contributed by atoms with E-state index in [4.69, 9.17) is 4.74 Å². The van der Waals surface area contributed by atoms with Crippen molar-refractivity contribution < 1.29 is 4.74 Å². The van der Waals surface area contributed by atoms with Gasteiger partial charge in [-0.15, -0.1) is 0 Å². The minimum Gasteiger partial charge on any atom is -0.458 e. The molecule has 0 amide bonds. The summed E-state index contributed by atoms with van der Waals surface area (Å²) in [5.74, 6) is 2.37. The third kappa shape index (κ3) is 2.66. The highest BCUT2D eigenvalue weighted by Crippen LogP contribution is 2.38. The number of para-hydroxylation sites is 3. The molecule has 2 aromatic heterocycles. The average molecular weight is 524 g/mol. The van der Waals surface area contributed by atoms with Gasteiger partial charge < -0.3 is 13.9 Å². The lowest BCUT2D eigenvalue weighted by Crippen LogP contribution is -2.58. The van der Waals surface area contributed by atoms with Crippen LogP contribution in [-0.2, 0) is 0 Å². The quantitative estimate of drug-likeness (QED) is 0.243. The molecule has 0 N–H and O–H groups in total.